The number of allylic oxidation sites excluding steroid dienone is 1. The molecule has 1 unspecified atom stereocenters. The largest absolute Gasteiger partial charge is 0.354 e. The number of benzene rings is 1. The van der Waals surface area contributed by atoms with Gasteiger partial charge in [0, 0.05) is 6.54 Å². The number of nitrogens with two attached hydrogens (primary N) is 1. The van der Waals surface area contributed by atoms with E-state index in [2.05, 4.69) is 11.4 Å². The van der Waals surface area contributed by atoms with Gasteiger partial charge in [0.25, 0.3) is 0 Å². The number of carbonyl (C=O) groups excluding carboxylic acids is 1. The van der Waals surface area contributed by atoms with Crippen LogP contribution in [-0.4, -0.2) is 18.5 Å². The first kappa shape index (κ1) is 13.8. The number of rotatable bonds is 6. The van der Waals surface area contributed by atoms with Crippen LogP contribution in [0.2, 0.25) is 0 Å². The molecule has 1 aromatic carbocycles. The summed E-state index contributed by atoms with van der Waals surface area (Å²) in [4.78, 5) is 11.9. The fourth-order valence-electron chi connectivity index (χ4n) is 2.40. The molecule has 0 bridgehead atoms. The van der Waals surface area contributed by atoms with Crippen molar-refractivity contribution in [1.29, 1.82) is 0 Å². The average molecular weight is 258 g/mol. The maximum absolute atomic E-state index is 11.9. The molecule has 0 aliphatic heterocycles. The lowest BCUT2D eigenvalue weighted by Gasteiger charge is -2.12. The molecule has 3 heteroatoms. The Labute approximate surface area is 114 Å². The van der Waals surface area contributed by atoms with E-state index in [0.29, 0.717) is 13.0 Å². The third-order valence-electron chi connectivity index (χ3n) is 3.52. The van der Waals surface area contributed by atoms with Gasteiger partial charge in [-0.1, -0.05) is 42.0 Å². The first-order valence-electron chi connectivity index (χ1n) is 7.01. The third-order valence-corrected chi connectivity index (χ3v) is 3.52. The quantitative estimate of drug-likeness (QED) is 0.768. The maximum Gasteiger partial charge on any atom is 0.237 e. The van der Waals surface area contributed by atoms with Gasteiger partial charge in [-0.05, 0) is 37.7 Å². The predicted molar refractivity (Wildman–Crippen MR) is 77.7 cm³/mol. The highest BCUT2D eigenvalue weighted by atomic mass is 16.2. The lowest BCUT2D eigenvalue weighted by Crippen LogP contribution is -2.42. The van der Waals surface area contributed by atoms with Gasteiger partial charge < -0.3 is 11.1 Å². The average Bonchev–Trinajstić information content (AvgIpc) is 2.93. The third kappa shape index (κ3) is 4.52. The Balaban J connectivity index is 1.70. The lowest BCUT2D eigenvalue weighted by atomic mass is 10.1. The summed E-state index contributed by atoms with van der Waals surface area (Å²) in [6.07, 6.45) is 7.48. The van der Waals surface area contributed by atoms with E-state index in [1.165, 1.54) is 24.8 Å². The standard InChI is InChI=1S/C16H22N2O/c17-15(12-14-8-2-1-3-9-14)16(19)18-11-10-13-6-4-5-7-13/h1-3,6,8-9,15H,4-5,7,10-12,17H2,(H,18,19). The molecule has 0 fully saturated rings. The molecule has 1 amide bonds. The molecule has 102 valence electrons. The van der Waals surface area contributed by atoms with Crippen molar-refractivity contribution in [3.63, 3.8) is 0 Å². The summed E-state index contributed by atoms with van der Waals surface area (Å²) in [7, 11) is 0. The van der Waals surface area contributed by atoms with E-state index in [-0.39, 0.29) is 5.91 Å². The molecule has 3 nitrogen and oxygen atoms in total. The van der Waals surface area contributed by atoms with Crippen molar-refractivity contribution in [2.75, 3.05) is 6.54 Å². The topological polar surface area (TPSA) is 55.1 Å². The molecule has 0 saturated carbocycles. The van der Waals surface area contributed by atoms with Crippen molar-refractivity contribution < 1.29 is 4.79 Å². The highest BCUT2D eigenvalue weighted by Crippen LogP contribution is 2.19. The molecule has 0 saturated heterocycles. The summed E-state index contributed by atoms with van der Waals surface area (Å²) in [5, 5.41) is 2.92. The van der Waals surface area contributed by atoms with Gasteiger partial charge in [0.15, 0.2) is 0 Å². The summed E-state index contributed by atoms with van der Waals surface area (Å²) < 4.78 is 0. The molecular weight excluding hydrogens is 236 g/mol. The molecule has 1 aliphatic carbocycles. The molecule has 0 radical (unpaired) electrons. The monoisotopic (exact) mass is 258 g/mol. The van der Waals surface area contributed by atoms with Crippen LogP contribution < -0.4 is 11.1 Å². The van der Waals surface area contributed by atoms with E-state index in [4.69, 9.17) is 5.73 Å². The number of nitrogens with one attached hydrogen (secondary N) is 1. The lowest BCUT2D eigenvalue weighted by molar-refractivity contribution is -0.122. The summed E-state index contributed by atoms with van der Waals surface area (Å²) in [6, 6.07) is 9.43. The highest BCUT2D eigenvalue weighted by Gasteiger charge is 2.13. The first-order valence-corrected chi connectivity index (χ1v) is 7.01. The SMILES string of the molecule is NC(Cc1ccccc1)C(=O)NCCC1=CCCC1. The number of hydrogen-bond acceptors (Lipinski definition) is 2. The van der Waals surface area contributed by atoms with Crippen LogP contribution in [-0.2, 0) is 11.2 Å². The molecule has 3 N–H and O–H groups in total. The van der Waals surface area contributed by atoms with Crippen LogP contribution in [0.15, 0.2) is 42.0 Å². The second-order valence-electron chi connectivity index (χ2n) is 5.09. The zero-order valence-electron chi connectivity index (χ0n) is 11.3. The maximum atomic E-state index is 11.9. The molecule has 0 spiro atoms. The van der Waals surface area contributed by atoms with Crippen molar-refractivity contribution >= 4 is 5.91 Å². The Morgan fingerprint density at radius 2 is 2.11 bits per heavy atom. The van der Waals surface area contributed by atoms with Gasteiger partial charge in [0.2, 0.25) is 5.91 Å². The summed E-state index contributed by atoms with van der Waals surface area (Å²) in [5.74, 6) is -0.0533. The zero-order valence-corrected chi connectivity index (χ0v) is 11.3. The minimum Gasteiger partial charge on any atom is -0.354 e. The predicted octanol–water partition coefficient (Wildman–Crippen LogP) is 2.17. The van der Waals surface area contributed by atoms with E-state index < -0.39 is 6.04 Å². The smallest absolute Gasteiger partial charge is 0.237 e. The minimum absolute atomic E-state index is 0.0533. The first-order chi connectivity index (χ1) is 9.25. The molecule has 1 aromatic rings. The van der Waals surface area contributed by atoms with E-state index in [0.717, 1.165) is 12.0 Å². The summed E-state index contributed by atoms with van der Waals surface area (Å²) in [6.45, 7) is 0.702. The summed E-state index contributed by atoms with van der Waals surface area (Å²) in [5.41, 5.74) is 8.49. The van der Waals surface area contributed by atoms with Gasteiger partial charge >= 0.3 is 0 Å². The summed E-state index contributed by atoms with van der Waals surface area (Å²) >= 11 is 0. The Morgan fingerprint density at radius 3 is 2.79 bits per heavy atom. The van der Waals surface area contributed by atoms with Crippen LogP contribution in [0.25, 0.3) is 0 Å². The Morgan fingerprint density at radius 1 is 1.32 bits per heavy atom. The van der Waals surface area contributed by atoms with Crippen LogP contribution in [0.1, 0.15) is 31.2 Å². The number of hydrogen-bond donors (Lipinski definition) is 2. The molecule has 2 rings (SSSR count). The molecular formula is C16H22N2O. The Kier molecular flexibility index (Phi) is 5.16. The van der Waals surface area contributed by atoms with Crippen LogP contribution in [0.5, 0.6) is 0 Å². The molecule has 19 heavy (non-hydrogen) atoms. The van der Waals surface area contributed by atoms with E-state index >= 15 is 0 Å². The Hall–Kier alpha value is -1.61. The van der Waals surface area contributed by atoms with Crippen LogP contribution in [0.4, 0.5) is 0 Å². The van der Waals surface area contributed by atoms with Crippen molar-refractivity contribution in [2.45, 2.75) is 38.1 Å². The van der Waals surface area contributed by atoms with Crippen LogP contribution in [0, 0.1) is 0 Å². The van der Waals surface area contributed by atoms with Gasteiger partial charge in [-0.2, -0.15) is 0 Å². The van der Waals surface area contributed by atoms with E-state index in [1.807, 2.05) is 30.3 Å². The van der Waals surface area contributed by atoms with E-state index in [9.17, 15) is 4.79 Å². The van der Waals surface area contributed by atoms with Gasteiger partial charge in [-0.15, -0.1) is 0 Å². The van der Waals surface area contributed by atoms with Gasteiger partial charge in [0.05, 0.1) is 6.04 Å². The van der Waals surface area contributed by atoms with E-state index in [1.54, 1.807) is 0 Å². The second kappa shape index (κ2) is 7.10. The van der Waals surface area contributed by atoms with Crippen molar-refractivity contribution in [3.8, 4) is 0 Å². The number of amides is 1. The van der Waals surface area contributed by atoms with Crippen molar-refractivity contribution in [2.24, 2.45) is 5.73 Å². The highest BCUT2D eigenvalue weighted by molar-refractivity contribution is 5.81. The van der Waals surface area contributed by atoms with Gasteiger partial charge in [0.1, 0.15) is 0 Å². The van der Waals surface area contributed by atoms with Crippen molar-refractivity contribution in [1.82, 2.24) is 5.32 Å². The zero-order chi connectivity index (χ0) is 13.5. The molecule has 0 aromatic heterocycles. The minimum atomic E-state index is -0.458. The fraction of sp³-hybridized carbons (Fsp3) is 0.438. The van der Waals surface area contributed by atoms with Crippen LogP contribution >= 0.6 is 0 Å². The fourth-order valence-corrected chi connectivity index (χ4v) is 2.40. The molecule has 1 atom stereocenters. The molecule has 1 aliphatic rings. The second-order valence-corrected chi connectivity index (χ2v) is 5.09. The van der Waals surface area contributed by atoms with Gasteiger partial charge in [-0.3, -0.25) is 4.79 Å². The van der Waals surface area contributed by atoms with Crippen molar-refractivity contribution in [3.05, 3.63) is 47.5 Å². The number of carbonyl (C=O) groups is 1. The molecule has 0 heterocycles. The normalized spacial score (nSPS) is 15.9. The Bertz CT molecular complexity index is 439. The van der Waals surface area contributed by atoms with Gasteiger partial charge in [-0.25, -0.2) is 0 Å². The van der Waals surface area contributed by atoms with Crippen LogP contribution in [0.3, 0.4) is 0 Å².